The zero-order chi connectivity index (χ0) is 15.5. The molecule has 3 rings (SSSR count). The summed E-state index contributed by atoms with van der Waals surface area (Å²) < 4.78 is 4.72. The highest BCUT2D eigenvalue weighted by Gasteiger charge is 2.29. The summed E-state index contributed by atoms with van der Waals surface area (Å²) in [6.45, 7) is 0. The molecule has 1 aromatic rings. The fourth-order valence-electron chi connectivity index (χ4n) is 3.41. The number of benzene rings is 1. The average molecular weight is 299 g/mol. The fourth-order valence-corrected chi connectivity index (χ4v) is 3.41. The molecule has 1 N–H and O–H groups in total. The first kappa shape index (κ1) is 14.8. The Balaban J connectivity index is 1.69. The van der Waals surface area contributed by atoms with Crippen molar-refractivity contribution in [2.75, 3.05) is 7.11 Å². The Kier molecular flexibility index (Phi) is 4.27. The van der Waals surface area contributed by atoms with Crippen LogP contribution in [0.5, 0.6) is 0 Å². The molecule has 2 aliphatic rings. The molecule has 1 aromatic carbocycles. The van der Waals surface area contributed by atoms with Crippen molar-refractivity contribution >= 4 is 11.9 Å². The van der Waals surface area contributed by atoms with Crippen LogP contribution in [0, 0.1) is 5.92 Å². The molecule has 0 fully saturated rings. The first-order chi connectivity index (χ1) is 10.7. The van der Waals surface area contributed by atoms with Crippen LogP contribution >= 0.6 is 0 Å². The number of fused-ring (bicyclic) bond motifs is 1. The van der Waals surface area contributed by atoms with Crippen molar-refractivity contribution in [2.45, 2.75) is 38.1 Å². The van der Waals surface area contributed by atoms with Crippen molar-refractivity contribution in [3.63, 3.8) is 0 Å². The Hall–Kier alpha value is -2.10. The van der Waals surface area contributed by atoms with E-state index in [-0.39, 0.29) is 23.8 Å². The van der Waals surface area contributed by atoms with Crippen LogP contribution in [0.2, 0.25) is 0 Å². The van der Waals surface area contributed by atoms with Gasteiger partial charge in [0.05, 0.1) is 19.1 Å². The highest BCUT2D eigenvalue weighted by molar-refractivity contribution is 5.91. The lowest BCUT2D eigenvalue weighted by Crippen LogP contribution is -2.34. The van der Waals surface area contributed by atoms with Gasteiger partial charge in [-0.25, -0.2) is 4.79 Å². The lowest BCUT2D eigenvalue weighted by molar-refractivity contribution is -0.136. The zero-order valence-corrected chi connectivity index (χ0v) is 12.8. The molecule has 0 heterocycles. The predicted octanol–water partition coefficient (Wildman–Crippen LogP) is 2.69. The summed E-state index contributed by atoms with van der Waals surface area (Å²) in [5, 5.41) is 3.16. The summed E-state index contributed by atoms with van der Waals surface area (Å²) >= 11 is 0. The second-order valence-electron chi connectivity index (χ2n) is 5.98. The molecular formula is C18H21NO3. The molecule has 2 atom stereocenters. The van der Waals surface area contributed by atoms with Crippen LogP contribution in [0.25, 0.3) is 0 Å². The number of esters is 1. The molecule has 1 unspecified atom stereocenters. The Morgan fingerprint density at radius 2 is 2.00 bits per heavy atom. The van der Waals surface area contributed by atoms with E-state index >= 15 is 0 Å². The number of amides is 1. The van der Waals surface area contributed by atoms with Crippen LogP contribution in [0.4, 0.5) is 0 Å². The molecule has 0 radical (unpaired) electrons. The first-order valence-electron chi connectivity index (χ1n) is 7.86. The normalized spacial score (nSPS) is 23.4. The fraction of sp³-hybridized carbons (Fsp3) is 0.444. The van der Waals surface area contributed by atoms with E-state index in [1.165, 1.54) is 18.2 Å². The van der Waals surface area contributed by atoms with Gasteiger partial charge in [-0.3, -0.25) is 4.79 Å². The van der Waals surface area contributed by atoms with Crippen molar-refractivity contribution in [2.24, 2.45) is 5.92 Å². The lowest BCUT2D eigenvalue weighted by atomic mass is 9.87. The third-order valence-corrected chi connectivity index (χ3v) is 4.60. The van der Waals surface area contributed by atoms with Gasteiger partial charge in [0.15, 0.2) is 0 Å². The van der Waals surface area contributed by atoms with E-state index in [1.54, 1.807) is 6.08 Å². The number of nitrogens with one attached hydrogen (secondary N) is 1. The van der Waals surface area contributed by atoms with Crippen LogP contribution in [-0.2, 0) is 20.7 Å². The summed E-state index contributed by atoms with van der Waals surface area (Å²) in [5.74, 6) is -0.526. The zero-order valence-electron chi connectivity index (χ0n) is 12.8. The molecule has 0 aliphatic heterocycles. The van der Waals surface area contributed by atoms with Crippen LogP contribution < -0.4 is 5.32 Å². The number of hydrogen-bond acceptors (Lipinski definition) is 3. The molecule has 0 saturated carbocycles. The molecule has 2 aliphatic carbocycles. The van der Waals surface area contributed by atoms with Crippen LogP contribution in [0.15, 0.2) is 35.9 Å². The SMILES string of the molecule is COC(=O)C1=C[C@@H](C(=O)NC2CCCc3ccccc32)CC1. The number of rotatable bonds is 3. The Labute approximate surface area is 130 Å². The van der Waals surface area contributed by atoms with E-state index in [2.05, 4.69) is 17.4 Å². The first-order valence-corrected chi connectivity index (χ1v) is 7.86. The van der Waals surface area contributed by atoms with Gasteiger partial charge < -0.3 is 10.1 Å². The van der Waals surface area contributed by atoms with Crippen molar-refractivity contribution in [3.8, 4) is 0 Å². The van der Waals surface area contributed by atoms with Crippen LogP contribution in [-0.4, -0.2) is 19.0 Å². The van der Waals surface area contributed by atoms with E-state index < -0.39 is 0 Å². The number of carbonyl (C=O) groups is 2. The molecular weight excluding hydrogens is 278 g/mol. The summed E-state index contributed by atoms with van der Waals surface area (Å²) in [6, 6.07) is 8.40. The van der Waals surface area contributed by atoms with Crippen molar-refractivity contribution in [1.82, 2.24) is 5.32 Å². The van der Waals surface area contributed by atoms with Gasteiger partial charge in [0.1, 0.15) is 0 Å². The number of ether oxygens (including phenoxy) is 1. The number of methoxy groups -OCH3 is 1. The molecule has 116 valence electrons. The van der Waals surface area contributed by atoms with Crippen molar-refractivity contribution < 1.29 is 14.3 Å². The van der Waals surface area contributed by atoms with Gasteiger partial charge in [0, 0.05) is 5.57 Å². The molecule has 4 heteroatoms. The second-order valence-corrected chi connectivity index (χ2v) is 5.98. The monoisotopic (exact) mass is 299 g/mol. The van der Waals surface area contributed by atoms with Crippen LogP contribution in [0.3, 0.4) is 0 Å². The summed E-state index contributed by atoms with van der Waals surface area (Å²) in [6.07, 6.45) is 6.21. The number of aryl methyl sites for hydroxylation is 1. The standard InChI is InChI=1S/C18H21NO3/c1-22-18(21)14-10-9-13(11-14)17(20)19-16-8-4-6-12-5-2-3-7-15(12)16/h2-3,5,7,11,13,16H,4,6,8-10H2,1H3,(H,19,20)/t13-,16?/m0/s1. The van der Waals surface area contributed by atoms with Gasteiger partial charge >= 0.3 is 5.97 Å². The van der Waals surface area contributed by atoms with Gasteiger partial charge in [-0.2, -0.15) is 0 Å². The van der Waals surface area contributed by atoms with E-state index in [0.717, 1.165) is 19.3 Å². The molecule has 4 nitrogen and oxygen atoms in total. The topological polar surface area (TPSA) is 55.4 Å². The highest BCUT2D eigenvalue weighted by atomic mass is 16.5. The van der Waals surface area contributed by atoms with Gasteiger partial charge in [-0.15, -0.1) is 0 Å². The van der Waals surface area contributed by atoms with E-state index in [1.807, 2.05) is 12.1 Å². The Morgan fingerprint density at radius 3 is 2.82 bits per heavy atom. The third-order valence-electron chi connectivity index (χ3n) is 4.60. The summed E-state index contributed by atoms with van der Waals surface area (Å²) in [4.78, 5) is 24.0. The van der Waals surface area contributed by atoms with Crippen molar-refractivity contribution in [1.29, 1.82) is 0 Å². The second kappa shape index (κ2) is 6.34. The van der Waals surface area contributed by atoms with Gasteiger partial charge in [-0.05, 0) is 43.2 Å². The molecule has 0 aromatic heterocycles. The molecule has 1 amide bonds. The minimum absolute atomic E-state index is 0.0145. The van der Waals surface area contributed by atoms with E-state index in [4.69, 9.17) is 4.74 Å². The van der Waals surface area contributed by atoms with Gasteiger partial charge in [0.2, 0.25) is 5.91 Å². The maximum Gasteiger partial charge on any atom is 0.333 e. The molecule has 0 saturated heterocycles. The largest absolute Gasteiger partial charge is 0.466 e. The quantitative estimate of drug-likeness (QED) is 0.873. The maximum absolute atomic E-state index is 12.5. The molecule has 0 spiro atoms. The van der Waals surface area contributed by atoms with E-state index in [9.17, 15) is 9.59 Å². The van der Waals surface area contributed by atoms with E-state index in [0.29, 0.717) is 18.4 Å². The number of carbonyl (C=O) groups excluding carboxylic acids is 2. The van der Waals surface area contributed by atoms with Crippen LogP contribution in [0.1, 0.15) is 42.9 Å². The number of hydrogen-bond donors (Lipinski definition) is 1. The summed E-state index contributed by atoms with van der Waals surface area (Å²) in [5.41, 5.74) is 3.18. The average Bonchev–Trinajstić information content (AvgIpc) is 3.04. The molecule has 22 heavy (non-hydrogen) atoms. The van der Waals surface area contributed by atoms with Crippen molar-refractivity contribution in [3.05, 3.63) is 47.0 Å². The minimum atomic E-state index is -0.321. The minimum Gasteiger partial charge on any atom is -0.466 e. The van der Waals surface area contributed by atoms with Gasteiger partial charge in [-0.1, -0.05) is 30.3 Å². The predicted molar refractivity (Wildman–Crippen MR) is 83.1 cm³/mol. The Morgan fingerprint density at radius 1 is 1.18 bits per heavy atom. The smallest absolute Gasteiger partial charge is 0.333 e. The maximum atomic E-state index is 12.5. The van der Waals surface area contributed by atoms with Gasteiger partial charge in [0.25, 0.3) is 0 Å². The molecule has 0 bridgehead atoms. The third kappa shape index (κ3) is 2.91. The highest BCUT2D eigenvalue weighted by Crippen LogP contribution is 2.31. The lowest BCUT2D eigenvalue weighted by Gasteiger charge is -2.27. The summed E-state index contributed by atoms with van der Waals surface area (Å²) in [7, 11) is 1.37. The Bertz CT molecular complexity index is 621.